The van der Waals surface area contributed by atoms with Crippen molar-refractivity contribution in [2.75, 3.05) is 0 Å². The van der Waals surface area contributed by atoms with Gasteiger partial charge in [0.25, 0.3) is 0 Å². The first-order valence-electron chi connectivity index (χ1n) is 5.27. The highest BCUT2D eigenvalue weighted by Gasteiger charge is 2.27. The van der Waals surface area contributed by atoms with Gasteiger partial charge in [-0.25, -0.2) is 0 Å². The van der Waals surface area contributed by atoms with Crippen molar-refractivity contribution in [1.82, 2.24) is 4.98 Å². The fraction of sp³-hybridized carbons (Fsp3) is 0.583. The summed E-state index contributed by atoms with van der Waals surface area (Å²) in [6, 6.07) is 2.00. The Hall–Kier alpha value is -0.410. The predicted octanol–water partition coefficient (Wildman–Crippen LogP) is 3.18. The molecule has 2 atom stereocenters. The minimum absolute atomic E-state index is 0.288. The lowest BCUT2D eigenvalue weighted by Gasteiger charge is -2.29. The van der Waals surface area contributed by atoms with Crippen LogP contribution in [0.15, 0.2) is 22.9 Å². The highest BCUT2D eigenvalue weighted by molar-refractivity contribution is 9.10. The average molecular weight is 272 g/mol. The van der Waals surface area contributed by atoms with E-state index in [4.69, 9.17) is 0 Å². The van der Waals surface area contributed by atoms with Crippen LogP contribution in [0.25, 0.3) is 0 Å². The van der Waals surface area contributed by atoms with Gasteiger partial charge in [-0.15, -0.1) is 0 Å². The topological polar surface area (TPSA) is 33.1 Å². The van der Waals surface area contributed by atoms with Crippen molar-refractivity contribution in [2.45, 2.75) is 39.2 Å². The number of halogens is 1. The summed E-state index contributed by atoms with van der Waals surface area (Å²) in [7, 11) is 0. The second-order valence-corrected chi connectivity index (χ2v) is 5.27. The normalized spacial score (nSPS) is 17.1. The van der Waals surface area contributed by atoms with E-state index in [0.29, 0.717) is 6.42 Å². The molecule has 0 bridgehead atoms. The second-order valence-electron chi connectivity index (χ2n) is 4.35. The van der Waals surface area contributed by atoms with Gasteiger partial charge < -0.3 is 5.11 Å². The Bertz CT molecular complexity index is 325. The Kier molecular flexibility index (Phi) is 4.29. The quantitative estimate of drug-likeness (QED) is 0.913. The summed E-state index contributed by atoms with van der Waals surface area (Å²) in [5.41, 5.74) is 0.409. The van der Waals surface area contributed by atoms with E-state index in [1.165, 1.54) is 0 Å². The van der Waals surface area contributed by atoms with Crippen molar-refractivity contribution in [3.05, 3.63) is 28.5 Å². The summed E-state index contributed by atoms with van der Waals surface area (Å²) in [4.78, 5) is 4.10. The van der Waals surface area contributed by atoms with Gasteiger partial charge in [-0.05, 0) is 40.4 Å². The molecule has 0 saturated heterocycles. The maximum absolute atomic E-state index is 10.3. The van der Waals surface area contributed by atoms with Gasteiger partial charge in [0.05, 0.1) is 5.60 Å². The van der Waals surface area contributed by atoms with Gasteiger partial charge in [0, 0.05) is 23.3 Å². The van der Waals surface area contributed by atoms with Crippen molar-refractivity contribution in [2.24, 2.45) is 5.92 Å². The van der Waals surface area contributed by atoms with Gasteiger partial charge in [-0.2, -0.15) is 0 Å². The van der Waals surface area contributed by atoms with Crippen LogP contribution in [0.1, 0.15) is 32.8 Å². The van der Waals surface area contributed by atoms with E-state index in [2.05, 4.69) is 34.8 Å². The third-order valence-electron chi connectivity index (χ3n) is 3.00. The Morgan fingerprint density at radius 3 is 2.73 bits per heavy atom. The molecule has 1 N–H and O–H groups in total. The van der Waals surface area contributed by atoms with E-state index in [0.717, 1.165) is 16.5 Å². The molecule has 0 saturated carbocycles. The molecule has 0 spiro atoms. The van der Waals surface area contributed by atoms with Crippen LogP contribution >= 0.6 is 15.9 Å². The molecule has 2 unspecified atom stereocenters. The molecule has 1 heterocycles. The maximum atomic E-state index is 10.3. The fourth-order valence-corrected chi connectivity index (χ4v) is 1.99. The first-order chi connectivity index (χ1) is 6.95. The first-order valence-corrected chi connectivity index (χ1v) is 6.07. The van der Waals surface area contributed by atoms with Crippen LogP contribution in [0.4, 0.5) is 0 Å². The van der Waals surface area contributed by atoms with Crippen LogP contribution in [0, 0.1) is 5.92 Å². The molecular formula is C12H18BrNO. The third kappa shape index (κ3) is 3.58. The first kappa shape index (κ1) is 12.7. The summed E-state index contributed by atoms with van der Waals surface area (Å²) < 4.78 is 0.958. The Morgan fingerprint density at radius 1 is 1.53 bits per heavy atom. The van der Waals surface area contributed by atoms with Crippen LogP contribution in [-0.2, 0) is 6.42 Å². The minimum Gasteiger partial charge on any atom is -0.390 e. The molecule has 3 heteroatoms. The number of hydrogen-bond donors (Lipinski definition) is 1. The molecule has 1 aromatic heterocycles. The molecule has 0 aliphatic heterocycles. The van der Waals surface area contributed by atoms with E-state index in [1.54, 1.807) is 6.20 Å². The van der Waals surface area contributed by atoms with Crippen LogP contribution in [0.5, 0.6) is 0 Å². The molecule has 1 rings (SSSR count). The monoisotopic (exact) mass is 271 g/mol. The molecular weight excluding hydrogens is 254 g/mol. The number of nitrogens with zero attached hydrogens (tertiary/aromatic N) is 1. The predicted molar refractivity (Wildman–Crippen MR) is 65.7 cm³/mol. The summed E-state index contributed by atoms with van der Waals surface area (Å²) in [5, 5.41) is 10.3. The number of aromatic nitrogens is 1. The van der Waals surface area contributed by atoms with Gasteiger partial charge in [0.1, 0.15) is 0 Å². The number of pyridine rings is 1. The van der Waals surface area contributed by atoms with Crippen molar-refractivity contribution in [3.8, 4) is 0 Å². The molecule has 15 heavy (non-hydrogen) atoms. The van der Waals surface area contributed by atoms with Gasteiger partial charge in [0.15, 0.2) is 0 Å². The molecule has 0 amide bonds. The highest BCUT2D eigenvalue weighted by Crippen LogP contribution is 2.25. The zero-order chi connectivity index (χ0) is 11.5. The van der Waals surface area contributed by atoms with E-state index in [9.17, 15) is 5.11 Å². The van der Waals surface area contributed by atoms with E-state index in [-0.39, 0.29) is 5.92 Å². The zero-order valence-corrected chi connectivity index (χ0v) is 11.1. The van der Waals surface area contributed by atoms with Crippen LogP contribution in [-0.4, -0.2) is 15.7 Å². The average Bonchev–Trinajstić information content (AvgIpc) is 2.15. The second kappa shape index (κ2) is 5.08. The summed E-state index contributed by atoms with van der Waals surface area (Å²) in [5.74, 6) is 0.288. The molecule has 0 aliphatic rings. The molecule has 0 radical (unpaired) electrons. The molecule has 0 fully saturated rings. The molecule has 0 aliphatic carbocycles. The Balaban J connectivity index is 2.77. The summed E-state index contributed by atoms with van der Waals surface area (Å²) >= 11 is 3.38. The number of aliphatic hydroxyl groups is 1. The summed E-state index contributed by atoms with van der Waals surface area (Å²) in [6.45, 7) is 6.06. The minimum atomic E-state index is -0.656. The SMILES string of the molecule is CCC(C)C(C)(O)Cc1cncc(Br)c1. The van der Waals surface area contributed by atoms with Crippen LogP contribution < -0.4 is 0 Å². The standard InChI is InChI=1S/C12H18BrNO/c1-4-9(2)12(3,15)6-10-5-11(13)8-14-7-10/h5,7-9,15H,4,6H2,1-3H3. The maximum Gasteiger partial charge on any atom is 0.0685 e. The van der Waals surface area contributed by atoms with E-state index in [1.807, 2.05) is 19.2 Å². The van der Waals surface area contributed by atoms with Crippen molar-refractivity contribution in [1.29, 1.82) is 0 Å². The number of rotatable bonds is 4. The lowest BCUT2D eigenvalue weighted by Crippen LogP contribution is -2.34. The highest BCUT2D eigenvalue weighted by atomic mass is 79.9. The fourth-order valence-electron chi connectivity index (χ4n) is 1.58. The Morgan fingerprint density at radius 2 is 2.20 bits per heavy atom. The van der Waals surface area contributed by atoms with Crippen molar-refractivity contribution < 1.29 is 5.11 Å². The van der Waals surface area contributed by atoms with Gasteiger partial charge in [-0.3, -0.25) is 4.98 Å². The molecule has 84 valence electrons. The van der Waals surface area contributed by atoms with Gasteiger partial charge in [0.2, 0.25) is 0 Å². The zero-order valence-electron chi connectivity index (χ0n) is 9.50. The van der Waals surface area contributed by atoms with Crippen molar-refractivity contribution in [3.63, 3.8) is 0 Å². The summed E-state index contributed by atoms with van der Waals surface area (Å²) in [6.07, 6.45) is 5.19. The van der Waals surface area contributed by atoms with Gasteiger partial charge >= 0.3 is 0 Å². The van der Waals surface area contributed by atoms with E-state index < -0.39 is 5.60 Å². The Labute approximate surface area is 99.9 Å². The third-order valence-corrected chi connectivity index (χ3v) is 3.43. The lowest BCUT2D eigenvalue weighted by molar-refractivity contribution is 0.00509. The molecule has 0 aromatic carbocycles. The smallest absolute Gasteiger partial charge is 0.0685 e. The molecule has 2 nitrogen and oxygen atoms in total. The van der Waals surface area contributed by atoms with Crippen molar-refractivity contribution >= 4 is 15.9 Å². The van der Waals surface area contributed by atoms with E-state index >= 15 is 0 Å². The van der Waals surface area contributed by atoms with Gasteiger partial charge in [-0.1, -0.05) is 20.3 Å². The lowest BCUT2D eigenvalue weighted by atomic mass is 9.84. The number of hydrogen-bond acceptors (Lipinski definition) is 2. The molecule has 1 aromatic rings. The van der Waals surface area contributed by atoms with Crippen LogP contribution in [0.3, 0.4) is 0 Å². The largest absolute Gasteiger partial charge is 0.390 e. The van der Waals surface area contributed by atoms with Crippen LogP contribution in [0.2, 0.25) is 0 Å².